The highest BCUT2D eigenvalue weighted by Gasteiger charge is 2.43. The molecule has 0 aliphatic heterocycles. The number of benzene rings is 7. The summed E-state index contributed by atoms with van der Waals surface area (Å²) in [4.78, 5) is 2.55. The van der Waals surface area contributed by atoms with E-state index in [9.17, 15) is 20.4 Å². The van der Waals surface area contributed by atoms with Gasteiger partial charge in [-0.3, -0.25) is 4.98 Å². The SMILES string of the molecule is Oc1[nH]c(O)c2c1-c1c-2c(O)n(-c2c(-n3c4ccccc4c4ccccc43)cc(-n3c4ccccc4c4ccccc43)cc2-n2c3ccccc3c3ccccc32)c1O. The van der Waals surface area contributed by atoms with Crippen molar-refractivity contribution >= 4 is 65.4 Å². The third kappa shape index (κ3) is 3.93. The summed E-state index contributed by atoms with van der Waals surface area (Å²) in [6.07, 6.45) is 0. The zero-order chi connectivity index (χ0) is 39.3. The molecule has 12 aromatic rings. The number of aromatic amines is 1. The number of H-pyrrole nitrogens is 1. The predicted molar refractivity (Wildman–Crippen MR) is 234 cm³/mol. The van der Waals surface area contributed by atoms with E-state index in [1.54, 1.807) is 0 Å². The molecule has 0 amide bonds. The fourth-order valence-corrected chi connectivity index (χ4v) is 9.98. The summed E-state index contributed by atoms with van der Waals surface area (Å²) in [5, 5.41) is 53.2. The molecule has 59 heavy (non-hydrogen) atoms. The summed E-state index contributed by atoms with van der Waals surface area (Å²) in [6, 6.07) is 54.2. The molecular formula is C50H31N5O4. The number of nitrogens with zero attached hydrogens (tertiary/aromatic N) is 4. The molecule has 0 spiro atoms. The molecular weight excluding hydrogens is 735 g/mol. The van der Waals surface area contributed by atoms with E-state index in [-0.39, 0.29) is 45.8 Å². The van der Waals surface area contributed by atoms with Crippen molar-refractivity contribution in [3.8, 4) is 68.5 Å². The fraction of sp³-hybridized carbons (Fsp3) is 0. The van der Waals surface area contributed by atoms with Crippen LogP contribution in [0.25, 0.3) is 110 Å². The maximum Gasteiger partial charge on any atom is 0.207 e. The Morgan fingerprint density at radius 1 is 0.322 bits per heavy atom. The summed E-state index contributed by atoms with van der Waals surface area (Å²) in [5.74, 6) is -1.12. The van der Waals surface area contributed by atoms with Crippen LogP contribution in [0, 0.1) is 0 Å². The largest absolute Gasteiger partial charge is 0.494 e. The van der Waals surface area contributed by atoms with Crippen LogP contribution in [0.3, 0.4) is 0 Å². The first-order valence-electron chi connectivity index (χ1n) is 19.4. The van der Waals surface area contributed by atoms with Crippen LogP contribution in [0.2, 0.25) is 0 Å². The summed E-state index contributed by atoms with van der Waals surface area (Å²) < 4.78 is 8.17. The topological polar surface area (TPSA) is 116 Å². The number of aromatic nitrogens is 5. The monoisotopic (exact) mass is 765 g/mol. The van der Waals surface area contributed by atoms with E-state index in [4.69, 9.17) is 0 Å². The minimum Gasteiger partial charge on any atom is -0.494 e. The van der Waals surface area contributed by atoms with E-state index in [2.05, 4.69) is 128 Å². The maximum atomic E-state index is 12.5. The highest BCUT2D eigenvalue weighted by atomic mass is 16.3. The molecule has 0 saturated carbocycles. The Labute approximate surface area is 334 Å². The average molecular weight is 766 g/mol. The first-order chi connectivity index (χ1) is 29.0. The Hall–Kier alpha value is -8.30. The molecule has 9 nitrogen and oxygen atoms in total. The molecule has 5 heterocycles. The summed E-state index contributed by atoms with van der Waals surface area (Å²) in [5.41, 5.74) is 9.52. The normalized spacial score (nSPS) is 12.3. The van der Waals surface area contributed by atoms with Crippen LogP contribution in [0.1, 0.15) is 0 Å². The van der Waals surface area contributed by atoms with Gasteiger partial charge in [0.1, 0.15) is 5.69 Å². The minimum absolute atomic E-state index is 0.249. The Balaban J connectivity index is 1.29. The molecule has 9 heteroatoms. The second-order valence-electron chi connectivity index (χ2n) is 15.2. The van der Waals surface area contributed by atoms with Gasteiger partial charge in [-0.2, -0.15) is 0 Å². The smallest absolute Gasteiger partial charge is 0.207 e. The van der Waals surface area contributed by atoms with Gasteiger partial charge in [-0.25, -0.2) is 4.57 Å². The molecule has 280 valence electrons. The summed E-state index contributed by atoms with van der Waals surface area (Å²) in [6.45, 7) is 0. The lowest BCUT2D eigenvalue weighted by molar-refractivity contribution is 0.402. The van der Waals surface area contributed by atoms with Gasteiger partial charge < -0.3 is 34.1 Å². The van der Waals surface area contributed by atoms with Crippen molar-refractivity contribution in [2.24, 2.45) is 0 Å². The highest BCUT2D eigenvalue weighted by molar-refractivity contribution is 6.15. The van der Waals surface area contributed by atoms with E-state index in [1.807, 2.05) is 48.5 Å². The molecule has 0 atom stereocenters. The van der Waals surface area contributed by atoms with Gasteiger partial charge in [0.15, 0.2) is 11.8 Å². The maximum absolute atomic E-state index is 12.5. The number of fused-ring (bicyclic) bond motifs is 13. The van der Waals surface area contributed by atoms with Crippen molar-refractivity contribution in [3.63, 3.8) is 0 Å². The Morgan fingerprint density at radius 3 is 0.932 bits per heavy atom. The van der Waals surface area contributed by atoms with E-state index < -0.39 is 0 Å². The second kappa shape index (κ2) is 11.2. The first-order valence-corrected chi connectivity index (χ1v) is 19.4. The molecule has 7 aromatic carbocycles. The minimum atomic E-state index is -0.288. The number of hydrogen-bond donors (Lipinski definition) is 5. The predicted octanol–water partition coefficient (Wildman–Crippen LogP) is 11.6. The lowest BCUT2D eigenvalue weighted by Crippen LogP contribution is -2.11. The van der Waals surface area contributed by atoms with Crippen molar-refractivity contribution in [2.75, 3.05) is 0 Å². The number of aromatic hydroxyl groups is 4. The van der Waals surface area contributed by atoms with Crippen LogP contribution < -0.4 is 0 Å². The fourth-order valence-electron chi connectivity index (χ4n) is 9.98. The molecule has 0 fully saturated rings. The average Bonchev–Trinajstić information content (AvgIpc) is 3.99. The van der Waals surface area contributed by atoms with Crippen molar-refractivity contribution < 1.29 is 20.4 Å². The van der Waals surface area contributed by atoms with Gasteiger partial charge in [0.25, 0.3) is 0 Å². The van der Waals surface area contributed by atoms with Gasteiger partial charge in [-0.15, -0.1) is 0 Å². The molecule has 1 aliphatic carbocycles. The third-order valence-electron chi connectivity index (χ3n) is 12.3. The second-order valence-corrected chi connectivity index (χ2v) is 15.2. The van der Waals surface area contributed by atoms with Crippen molar-refractivity contribution in [3.05, 3.63) is 158 Å². The van der Waals surface area contributed by atoms with Crippen LogP contribution in [0.5, 0.6) is 23.5 Å². The van der Waals surface area contributed by atoms with E-state index >= 15 is 0 Å². The number of nitrogens with one attached hydrogen (secondary N) is 1. The van der Waals surface area contributed by atoms with Crippen LogP contribution in [-0.2, 0) is 0 Å². The van der Waals surface area contributed by atoms with Crippen LogP contribution in [0.15, 0.2) is 158 Å². The van der Waals surface area contributed by atoms with E-state index in [1.165, 1.54) is 4.57 Å². The van der Waals surface area contributed by atoms with Gasteiger partial charge in [0.05, 0.1) is 72.4 Å². The van der Waals surface area contributed by atoms with Gasteiger partial charge >= 0.3 is 0 Å². The lowest BCUT2D eigenvalue weighted by Gasteiger charge is -2.23. The Morgan fingerprint density at radius 2 is 0.610 bits per heavy atom. The van der Waals surface area contributed by atoms with Crippen LogP contribution >= 0.6 is 0 Å². The zero-order valence-electron chi connectivity index (χ0n) is 31.1. The molecule has 13 rings (SSSR count). The van der Waals surface area contributed by atoms with Crippen molar-refractivity contribution in [1.82, 2.24) is 23.3 Å². The summed E-state index contributed by atoms with van der Waals surface area (Å²) in [7, 11) is 0. The standard InChI is InChI=1S/C50H31N5O4/c56-47-42-43(48(57)51-47)45-44(42)49(58)55(50(45)59)46-40(53-36-21-9-3-15-30(36)31-16-4-10-22-37(31)53)25-27(52-34-19-7-1-13-28(34)29-14-2-8-20-35(29)52)26-41(46)54-38-23-11-5-17-32(38)33-18-6-12-24-39(33)54/h1-26,51,56-59H. The van der Waals surface area contributed by atoms with Crippen molar-refractivity contribution in [2.45, 2.75) is 0 Å². The van der Waals surface area contributed by atoms with Gasteiger partial charge in [0, 0.05) is 32.3 Å². The summed E-state index contributed by atoms with van der Waals surface area (Å²) >= 11 is 0. The van der Waals surface area contributed by atoms with Gasteiger partial charge in [0.2, 0.25) is 11.8 Å². The molecule has 1 aliphatic rings. The number of hydrogen-bond acceptors (Lipinski definition) is 4. The third-order valence-corrected chi connectivity index (χ3v) is 12.3. The van der Waals surface area contributed by atoms with E-state index in [0.717, 1.165) is 71.1 Å². The number of rotatable bonds is 4. The van der Waals surface area contributed by atoms with Crippen molar-refractivity contribution in [1.29, 1.82) is 0 Å². The van der Waals surface area contributed by atoms with Gasteiger partial charge in [-0.1, -0.05) is 109 Å². The molecule has 5 N–H and O–H groups in total. The molecule has 5 aromatic heterocycles. The van der Waals surface area contributed by atoms with Crippen LogP contribution in [-0.4, -0.2) is 43.7 Å². The van der Waals surface area contributed by atoms with Crippen LogP contribution in [0.4, 0.5) is 0 Å². The van der Waals surface area contributed by atoms with E-state index in [0.29, 0.717) is 17.1 Å². The van der Waals surface area contributed by atoms with Gasteiger partial charge in [-0.05, 0) is 48.5 Å². The zero-order valence-corrected chi connectivity index (χ0v) is 31.1. The Kier molecular flexibility index (Phi) is 6.03. The molecule has 0 bridgehead atoms. The molecule has 0 radical (unpaired) electrons. The highest BCUT2D eigenvalue weighted by Crippen LogP contribution is 2.65. The molecule has 0 saturated heterocycles. The first kappa shape index (κ1) is 31.9. The Bertz CT molecular complexity index is 3460. The lowest BCUT2D eigenvalue weighted by atomic mass is 9.86. The quantitative estimate of drug-likeness (QED) is 0.123. The molecule has 0 unspecified atom stereocenters. The number of para-hydroxylation sites is 6.